The molecule has 0 amide bonds. The first-order chi connectivity index (χ1) is 7.97. The molecule has 0 aromatic carbocycles. The molecule has 0 aromatic heterocycles. The highest BCUT2D eigenvalue weighted by Crippen LogP contribution is 2.55. The van der Waals surface area contributed by atoms with Gasteiger partial charge in [-0.1, -0.05) is 40.5 Å². The molecule has 1 saturated carbocycles. The Labute approximate surface area is 108 Å². The van der Waals surface area contributed by atoms with Gasteiger partial charge >= 0.3 is 0 Å². The third kappa shape index (κ3) is 2.85. The Morgan fingerprint density at radius 1 is 1.24 bits per heavy atom. The van der Waals surface area contributed by atoms with E-state index in [1.165, 1.54) is 32.2 Å². The number of hydrogen-bond acceptors (Lipinski definition) is 2. The van der Waals surface area contributed by atoms with E-state index in [1.54, 1.807) is 0 Å². The van der Waals surface area contributed by atoms with Crippen molar-refractivity contribution in [2.24, 2.45) is 17.1 Å². The summed E-state index contributed by atoms with van der Waals surface area (Å²) >= 11 is 0. The Balaban J connectivity index is 2.76. The summed E-state index contributed by atoms with van der Waals surface area (Å²) in [6.45, 7) is 14.8. The van der Waals surface area contributed by atoms with Crippen LogP contribution in [0.5, 0.6) is 0 Å². The van der Waals surface area contributed by atoms with E-state index in [9.17, 15) is 0 Å². The van der Waals surface area contributed by atoms with E-state index in [1.807, 2.05) is 0 Å². The first kappa shape index (κ1) is 15.0. The summed E-state index contributed by atoms with van der Waals surface area (Å²) in [6.07, 6.45) is 5.26. The first-order valence-corrected chi connectivity index (χ1v) is 7.42. The number of hydrogen-bond donors (Lipinski definition) is 1. The van der Waals surface area contributed by atoms with Crippen LogP contribution in [0.3, 0.4) is 0 Å². The monoisotopic (exact) mass is 240 g/mol. The summed E-state index contributed by atoms with van der Waals surface area (Å²) < 4.78 is 0. The lowest BCUT2D eigenvalue weighted by Gasteiger charge is -2.46. The van der Waals surface area contributed by atoms with Gasteiger partial charge in [-0.2, -0.15) is 0 Å². The Hall–Kier alpha value is -0.0800. The normalized spacial score (nSPS) is 21.9. The highest BCUT2D eigenvalue weighted by Gasteiger charge is 2.54. The van der Waals surface area contributed by atoms with Crippen LogP contribution in [0.15, 0.2) is 0 Å². The van der Waals surface area contributed by atoms with Crippen molar-refractivity contribution in [2.45, 2.75) is 65.8 Å². The minimum absolute atomic E-state index is 0.199. The molecule has 1 atom stereocenters. The van der Waals surface area contributed by atoms with Crippen LogP contribution in [0.2, 0.25) is 0 Å². The van der Waals surface area contributed by atoms with Crippen LogP contribution in [0.25, 0.3) is 0 Å². The quantitative estimate of drug-likeness (QED) is 0.705. The molecule has 0 aliphatic heterocycles. The van der Waals surface area contributed by atoms with Crippen molar-refractivity contribution in [3.63, 3.8) is 0 Å². The van der Waals surface area contributed by atoms with Gasteiger partial charge in [-0.15, -0.1) is 0 Å². The molecule has 2 nitrogen and oxygen atoms in total. The van der Waals surface area contributed by atoms with E-state index in [0.29, 0.717) is 5.41 Å². The number of likely N-dealkylation sites (N-methyl/N-ethyl adjacent to an activating group) is 1. The summed E-state index contributed by atoms with van der Waals surface area (Å²) in [5.41, 5.74) is 6.79. The lowest BCUT2D eigenvalue weighted by Crippen LogP contribution is -2.58. The molecule has 0 spiro atoms. The average Bonchev–Trinajstić information content (AvgIpc) is 3.09. The highest BCUT2D eigenvalue weighted by atomic mass is 15.2. The van der Waals surface area contributed by atoms with E-state index in [2.05, 4.69) is 39.5 Å². The van der Waals surface area contributed by atoms with Crippen LogP contribution < -0.4 is 5.73 Å². The summed E-state index contributed by atoms with van der Waals surface area (Å²) in [4.78, 5) is 2.65. The van der Waals surface area contributed by atoms with Gasteiger partial charge in [-0.05, 0) is 37.6 Å². The Bertz CT molecular complexity index is 231. The maximum absolute atomic E-state index is 6.13. The molecule has 0 saturated heterocycles. The largest absolute Gasteiger partial charge is 0.329 e. The zero-order valence-corrected chi connectivity index (χ0v) is 12.6. The van der Waals surface area contributed by atoms with Gasteiger partial charge in [0.05, 0.1) is 0 Å². The SMILES string of the molecule is CCC(CC)CN(CC)C(C)(CN)C1(C)CC1. The van der Waals surface area contributed by atoms with Crippen molar-refractivity contribution in [3.8, 4) is 0 Å². The molecule has 0 heterocycles. The number of nitrogens with two attached hydrogens (primary N) is 1. The van der Waals surface area contributed by atoms with Gasteiger partial charge in [0.25, 0.3) is 0 Å². The van der Waals surface area contributed by atoms with Gasteiger partial charge in [-0.3, -0.25) is 4.90 Å². The second kappa shape index (κ2) is 5.71. The Kier molecular flexibility index (Phi) is 5.03. The van der Waals surface area contributed by atoms with Crippen LogP contribution in [0, 0.1) is 11.3 Å². The van der Waals surface area contributed by atoms with Gasteiger partial charge in [0.1, 0.15) is 0 Å². The molecule has 0 bridgehead atoms. The van der Waals surface area contributed by atoms with E-state index in [0.717, 1.165) is 19.0 Å². The van der Waals surface area contributed by atoms with Crippen molar-refractivity contribution in [2.75, 3.05) is 19.6 Å². The summed E-state index contributed by atoms with van der Waals surface area (Å²) in [7, 11) is 0. The molecule has 1 aliphatic rings. The molecule has 17 heavy (non-hydrogen) atoms. The van der Waals surface area contributed by atoms with Crippen LogP contribution in [-0.4, -0.2) is 30.1 Å². The molecule has 1 rings (SSSR count). The van der Waals surface area contributed by atoms with Gasteiger partial charge in [-0.25, -0.2) is 0 Å². The molecule has 0 radical (unpaired) electrons. The standard InChI is InChI=1S/C15H32N2/c1-6-13(7-2)11-17(8-3)15(5,12-16)14(4)9-10-14/h13H,6-12,16H2,1-5H3. The molecular formula is C15H32N2. The van der Waals surface area contributed by atoms with Crippen LogP contribution in [0.4, 0.5) is 0 Å². The maximum Gasteiger partial charge on any atom is 0.0357 e. The Morgan fingerprint density at radius 2 is 1.76 bits per heavy atom. The third-order valence-electron chi connectivity index (χ3n) is 5.41. The zero-order chi connectivity index (χ0) is 13.1. The molecule has 1 fully saturated rings. The number of rotatable bonds is 8. The second-order valence-corrected chi connectivity index (χ2v) is 6.26. The first-order valence-electron chi connectivity index (χ1n) is 7.42. The lowest BCUT2D eigenvalue weighted by molar-refractivity contribution is 0.0369. The third-order valence-corrected chi connectivity index (χ3v) is 5.41. The van der Waals surface area contributed by atoms with Crippen molar-refractivity contribution >= 4 is 0 Å². The minimum Gasteiger partial charge on any atom is -0.329 e. The van der Waals surface area contributed by atoms with Crippen molar-refractivity contribution < 1.29 is 0 Å². The molecule has 2 heteroatoms. The van der Waals surface area contributed by atoms with E-state index in [-0.39, 0.29) is 5.54 Å². The molecule has 1 aliphatic carbocycles. The fourth-order valence-electron chi connectivity index (χ4n) is 3.02. The van der Waals surface area contributed by atoms with Crippen LogP contribution >= 0.6 is 0 Å². The summed E-state index contributed by atoms with van der Waals surface area (Å²) in [6, 6.07) is 0. The smallest absolute Gasteiger partial charge is 0.0357 e. The minimum atomic E-state index is 0.199. The van der Waals surface area contributed by atoms with Crippen molar-refractivity contribution in [1.82, 2.24) is 4.90 Å². The highest BCUT2D eigenvalue weighted by molar-refractivity contribution is 5.09. The predicted molar refractivity (Wildman–Crippen MR) is 76.1 cm³/mol. The van der Waals surface area contributed by atoms with E-state index in [4.69, 9.17) is 5.73 Å². The topological polar surface area (TPSA) is 29.3 Å². The van der Waals surface area contributed by atoms with Gasteiger partial charge in [0, 0.05) is 18.6 Å². The van der Waals surface area contributed by atoms with Gasteiger partial charge in [0.15, 0.2) is 0 Å². The predicted octanol–water partition coefficient (Wildman–Crippen LogP) is 3.26. The fourth-order valence-corrected chi connectivity index (χ4v) is 3.02. The number of nitrogens with zero attached hydrogens (tertiary/aromatic N) is 1. The second-order valence-electron chi connectivity index (χ2n) is 6.26. The molecule has 1 unspecified atom stereocenters. The molecule has 2 N–H and O–H groups in total. The fraction of sp³-hybridized carbons (Fsp3) is 1.00. The molecular weight excluding hydrogens is 208 g/mol. The summed E-state index contributed by atoms with van der Waals surface area (Å²) in [5, 5.41) is 0. The van der Waals surface area contributed by atoms with Crippen LogP contribution in [-0.2, 0) is 0 Å². The van der Waals surface area contributed by atoms with E-state index < -0.39 is 0 Å². The van der Waals surface area contributed by atoms with Gasteiger partial charge < -0.3 is 5.73 Å². The van der Waals surface area contributed by atoms with Gasteiger partial charge in [0.2, 0.25) is 0 Å². The van der Waals surface area contributed by atoms with Crippen molar-refractivity contribution in [3.05, 3.63) is 0 Å². The van der Waals surface area contributed by atoms with E-state index >= 15 is 0 Å². The average molecular weight is 240 g/mol. The van der Waals surface area contributed by atoms with Crippen LogP contribution in [0.1, 0.15) is 60.3 Å². The molecule has 0 aromatic rings. The summed E-state index contributed by atoms with van der Waals surface area (Å²) in [5.74, 6) is 0.822. The Morgan fingerprint density at radius 3 is 2.06 bits per heavy atom. The maximum atomic E-state index is 6.13. The zero-order valence-electron chi connectivity index (χ0n) is 12.6. The van der Waals surface area contributed by atoms with Crippen molar-refractivity contribution in [1.29, 1.82) is 0 Å². The molecule has 102 valence electrons. The lowest BCUT2D eigenvalue weighted by atomic mass is 9.81.